The molecule has 0 aliphatic heterocycles. The van der Waals surface area contributed by atoms with Gasteiger partial charge >= 0.3 is 0 Å². The molecule has 0 unspecified atom stereocenters. The molecule has 20 heavy (non-hydrogen) atoms. The third kappa shape index (κ3) is 3.02. The Labute approximate surface area is 116 Å². The lowest BCUT2D eigenvalue weighted by Crippen LogP contribution is -2.27. The second-order valence-electron chi connectivity index (χ2n) is 4.32. The minimum Gasteiger partial charge on any atom is -0.207 e. The SMILES string of the molecule is CN(Cc1ccc(F)cc1)S(=O)(=O)c1ccccc1F. The molecule has 0 heterocycles. The molecule has 6 heteroatoms. The minimum atomic E-state index is -3.91. The molecule has 0 radical (unpaired) electrons. The van der Waals surface area contributed by atoms with Gasteiger partial charge in [-0.3, -0.25) is 0 Å². The number of rotatable bonds is 4. The van der Waals surface area contributed by atoms with Gasteiger partial charge in [0.05, 0.1) is 0 Å². The van der Waals surface area contributed by atoms with Gasteiger partial charge in [0.25, 0.3) is 0 Å². The van der Waals surface area contributed by atoms with Gasteiger partial charge in [0.1, 0.15) is 16.5 Å². The molecule has 3 nitrogen and oxygen atoms in total. The lowest BCUT2D eigenvalue weighted by atomic mass is 10.2. The van der Waals surface area contributed by atoms with E-state index in [1.165, 1.54) is 49.5 Å². The van der Waals surface area contributed by atoms with Crippen molar-refractivity contribution in [3.05, 3.63) is 65.7 Å². The molecule has 0 atom stereocenters. The molecule has 0 aliphatic rings. The Morgan fingerprint density at radius 3 is 2.20 bits per heavy atom. The van der Waals surface area contributed by atoms with Crippen LogP contribution < -0.4 is 0 Å². The van der Waals surface area contributed by atoms with E-state index in [9.17, 15) is 17.2 Å². The minimum absolute atomic E-state index is 0.0386. The maximum Gasteiger partial charge on any atom is 0.246 e. The molecule has 0 N–H and O–H groups in total. The Hall–Kier alpha value is -1.79. The van der Waals surface area contributed by atoms with E-state index in [1.54, 1.807) is 0 Å². The van der Waals surface area contributed by atoms with E-state index in [1.807, 2.05) is 0 Å². The lowest BCUT2D eigenvalue weighted by Gasteiger charge is -2.17. The van der Waals surface area contributed by atoms with Crippen LogP contribution in [0.5, 0.6) is 0 Å². The average Bonchev–Trinajstić information content (AvgIpc) is 2.41. The standard InChI is InChI=1S/C14H13F2NO2S/c1-17(10-11-6-8-12(15)9-7-11)20(18,19)14-5-3-2-4-13(14)16/h2-9H,10H2,1H3. The van der Waals surface area contributed by atoms with Crippen molar-refractivity contribution >= 4 is 10.0 Å². The van der Waals surface area contributed by atoms with E-state index in [2.05, 4.69) is 0 Å². The highest BCUT2D eigenvalue weighted by Gasteiger charge is 2.24. The molecule has 0 amide bonds. The van der Waals surface area contributed by atoms with Crippen molar-refractivity contribution in [2.75, 3.05) is 7.05 Å². The van der Waals surface area contributed by atoms with Crippen molar-refractivity contribution in [3.8, 4) is 0 Å². The first kappa shape index (κ1) is 14.6. The predicted molar refractivity (Wildman–Crippen MR) is 71.5 cm³/mol. The zero-order valence-electron chi connectivity index (χ0n) is 10.8. The van der Waals surface area contributed by atoms with E-state index >= 15 is 0 Å². The fraction of sp³-hybridized carbons (Fsp3) is 0.143. The van der Waals surface area contributed by atoms with Crippen molar-refractivity contribution in [2.24, 2.45) is 0 Å². The molecule has 0 saturated carbocycles. The highest BCUT2D eigenvalue weighted by atomic mass is 32.2. The summed E-state index contributed by atoms with van der Waals surface area (Å²) in [7, 11) is -2.56. The fourth-order valence-corrected chi connectivity index (χ4v) is 2.97. The smallest absolute Gasteiger partial charge is 0.207 e. The maximum absolute atomic E-state index is 13.6. The summed E-state index contributed by atoms with van der Waals surface area (Å²) in [4.78, 5) is -0.371. The van der Waals surface area contributed by atoms with Gasteiger partial charge < -0.3 is 0 Å². The van der Waals surface area contributed by atoms with Gasteiger partial charge in [-0.2, -0.15) is 4.31 Å². The Morgan fingerprint density at radius 2 is 1.60 bits per heavy atom. The summed E-state index contributed by atoms with van der Waals surface area (Å²) in [5, 5.41) is 0. The largest absolute Gasteiger partial charge is 0.246 e. The summed E-state index contributed by atoms with van der Waals surface area (Å²) in [6.45, 7) is 0.0386. The third-order valence-corrected chi connectivity index (χ3v) is 4.68. The van der Waals surface area contributed by atoms with Crippen LogP contribution in [0.2, 0.25) is 0 Å². The van der Waals surface area contributed by atoms with Gasteiger partial charge in [-0.25, -0.2) is 17.2 Å². The summed E-state index contributed by atoms with van der Waals surface area (Å²) in [5.74, 6) is -1.19. The van der Waals surface area contributed by atoms with Crippen LogP contribution in [0.15, 0.2) is 53.4 Å². The molecule has 106 valence electrons. The Bertz CT molecular complexity index is 699. The highest BCUT2D eigenvalue weighted by molar-refractivity contribution is 7.89. The third-order valence-electron chi connectivity index (χ3n) is 2.84. The number of hydrogen-bond donors (Lipinski definition) is 0. The van der Waals surface area contributed by atoms with E-state index in [4.69, 9.17) is 0 Å². The van der Waals surface area contributed by atoms with E-state index < -0.39 is 21.7 Å². The molecule has 2 aromatic rings. The fourth-order valence-electron chi connectivity index (χ4n) is 1.75. The Balaban J connectivity index is 2.26. The second kappa shape index (κ2) is 5.68. The highest BCUT2D eigenvalue weighted by Crippen LogP contribution is 2.19. The van der Waals surface area contributed by atoms with Crippen LogP contribution in [0.4, 0.5) is 8.78 Å². The molecule has 2 rings (SSSR count). The van der Waals surface area contributed by atoms with Crippen molar-refractivity contribution in [3.63, 3.8) is 0 Å². The molecule has 0 fully saturated rings. The van der Waals surface area contributed by atoms with Crippen LogP contribution in [0.1, 0.15) is 5.56 Å². The zero-order valence-corrected chi connectivity index (χ0v) is 11.6. The van der Waals surface area contributed by atoms with Crippen LogP contribution in [-0.2, 0) is 16.6 Å². The van der Waals surface area contributed by atoms with E-state index in [0.29, 0.717) is 5.56 Å². The number of sulfonamides is 1. The molecule has 0 aliphatic carbocycles. The molecule has 0 spiro atoms. The summed E-state index contributed by atoms with van der Waals surface area (Å²) in [5.41, 5.74) is 0.619. The van der Waals surface area contributed by atoms with E-state index in [-0.39, 0.29) is 11.4 Å². The number of hydrogen-bond acceptors (Lipinski definition) is 2. The molecule has 2 aromatic carbocycles. The second-order valence-corrected chi connectivity index (χ2v) is 6.33. The molecular weight excluding hydrogens is 284 g/mol. The maximum atomic E-state index is 13.6. The summed E-state index contributed by atoms with van der Waals surface area (Å²) in [6, 6.07) is 10.7. The van der Waals surface area contributed by atoms with Crippen LogP contribution in [0.3, 0.4) is 0 Å². The number of halogens is 2. The van der Waals surface area contributed by atoms with Gasteiger partial charge in [0.2, 0.25) is 10.0 Å². The predicted octanol–water partition coefficient (Wildman–Crippen LogP) is 2.79. The first-order valence-corrected chi connectivity index (χ1v) is 7.30. The van der Waals surface area contributed by atoms with Crippen LogP contribution in [0.25, 0.3) is 0 Å². The Morgan fingerprint density at radius 1 is 1.00 bits per heavy atom. The van der Waals surface area contributed by atoms with Gasteiger partial charge in [-0.15, -0.1) is 0 Å². The van der Waals surface area contributed by atoms with Crippen molar-refractivity contribution < 1.29 is 17.2 Å². The van der Waals surface area contributed by atoms with Crippen LogP contribution in [0, 0.1) is 11.6 Å². The molecule has 0 aromatic heterocycles. The summed E-state index contributed by atoms with van der Waals surface area (Å²) >= 11 is 0. The van der Waals surface area contributed by atoms with Crippen molar-refractivity contribution in [1.82, 2.24) is 4.31 Å². The lowest BCUT2D eigenvalue weighted by molar-refractivity contribution is 0.459. The molecule has 0 saturated heterocycles. The monoisotopic (exact) mass is 297 g/mol. The Kier molecular flexibility index (Phi) is 4.15. The average molecular weight is 297 g/mol. The van der Waals surface area contributed by atoms with Crippen molar-refractivity contribution in [2.45, 2.75) is 11.4 Å². The summed E-state index contributed by atoms with van der Waals surface area (Å²) < 4.78 is 51.9. The van der Waals surface area contributed by atoms with Gasteiger partial charge in [0, 0.05) is 13.6 Å². The van der Waals surface area contributed by atoms with Crippen molar-refractivity contribution in [1.29, 1.82) is 0 Å². The van der Waals surface area contributed by atoms with E-state index in [0.717, 1.165) is 10.4 Å². The van der Waals surface area contributed by atoms with Gasteiger partial charge in [-0.1, -0.05) is 24.3 Å². The number of nitrogens with zero attached hydrogens (tertiary/aromatic N) is 1. The number of benzene rings is 2. The quantitative estimate of drug-likeness (QED) is 0.870. The molecular formula is C14H13F2NO2S. The zero-order chi connectivity index (χ0) is 14.8. The molecule has 0 bridgehead atoms. The van der Waals surface area contributed by atoms with Gasteiger partial charge in [-0.05, 0) is 29.8 Å². The van der Waals surface area contributed by atoms with Crippen LogP contribution in [-0.4, -0.2) is 19.8 Å². The summed E-state index contributed by atoms with van der Waals surface area (Å²) in [6.07, 6.45) is 0. The topological polar surface area (TPSA) is 37.4 Å². The van der Waals surface area contributed by atoms with Crippen LogP contribution >= 0.6 is 0 Å². The first-order chi connectivity index (χ1) is 9.41. The first-order valence-electron chi connectivity index (χ1n) is 5.86. The van der Waals surface area contributed by atoms with Gasteiger partial charge in [0.15, 0.2) is 0 Å². The normalized spacial score (nSPS) is 11.8.